The van der Waals surface area contributed by atoms with E-state index in [0.717, 1.165) is 22.1 Å². The molecular formula is C24H30IN3O. The number of benzene rings is 1. The average Bonchev–Trinajstić information content (AvgIpc) is 2.75. The zero-order chi connectivity index (χ0) is 19.8. The Hall–Kier alpha value is -1.34. The molecule has 29 heavy (non-hydrogen) atoms. The van der Waals surface area contributed by atoms with Gasteiger partial charge in [-0.25, -0.2) is 4.98 Å². The average molecular weight is 503 g/mol. The van der Waals surface area contributed by atoms with E-state index >= 15 is 0 Å². The van der Waals surface area contributed by atoms with Gasteiger partial charge in [0, 0.05) is 39.5 Å². The van der Waals surface area contributed by atoms with E-state index in [4.69, 9.17) is 4.74 Å². The Kier molecular flexibility index (Phi) is 5.45. The lowest BCUT2D eigenvalue weighted by Crippen LogP contribution is -2.59. The maximum atomic E-state index is 5.69. The van der Waals surface area contributed by atoms with E-state index in [1.165, 1.54) is 50.8 Å². The third-order valence-corrected chi connectivity index (χ3v) is 7.91. The molecule has 154 valence electrons. The van der Waals surface area contributed by atoms with E-state index in [9.17, 15) is 0 Å². The van der Waals surface area contributed by atoms with Crippen LogP contribution in [0.2, 0.25) is 0 Å². The van der Waals surface area contributed by atoms with Crippen LogP contribution in [-0.2, 0) is 11.8 Å². The van der Waals surface area contributed by atoms with E-state index in [2.05, 4.69) is 63.0 Å². The molecule has 5 heteroatoms. The van der Waals surface area contributed by atoms with Crippen molar-refractivity contribution in [2.75, 3.05) is 29.9 Å². The zero-order valence-electron chi connectivity index (χ0n) is 17.2. The molecule has 0 radical (unpaired) electrons. The van der Waals surface area contributed by atoms with E-state index in [-0.39, 0.29) is 0 Å². The minimum atomic E-state index is 0.396. The van der Waals surface area contributed by atoms with Gasteiger partial charge in [0.05, 0.1) is 6.61 Å². The standard InChI is InChI=1S/C24H30IN3O/c1-28-12-9-24-8-3-2-4-20(24)22(28)14-17-5-6-18(15-21(17)24)27-19-7-11-26-23(16-19)29-13-10-25/h5-7,11,15-16,20,22H,2-4,8-10,12-14H2,1H3,(H,26,27)/t20-,22+,24+/m0/s1. The molecule has 0 spiro atoms. The summed E-state index contributed by atoms with van der Waals surface area (Å²) in [6.07, 6.45) is 9.89. The number of likely N-dealkylation sites (tertiary alicyclic amines) is 1. The molecule has 2 aromatic rings. The van der Waals surface area contributed by atoms with Crippen molar-refractivity contribution in [2.45, 2.75) is 50.0 Å². The van der Waals surface area contributed by atoms with Crippen molar-refractivity contribution in [3.63, 3.8) is 0 Å². The lowest BCUT2D eigenvalue weighted by atomic mass is 9.52. The molecule has 2 fully saturated rings. The maximum Gasteiger partial charge on any atom is 0.215 e. The van der Waals surface area contributed by atoms with Gasteiger partial charge >= 0.3 is 0 Å². The number of likely N-dealkylation sites (N-methyl/N-ethyl adjacent to an activating group) is 1. The third kappa shape index (κ3) is 3.54. The second kappa shape index (κ2) is 8.06. The van der Waals surface area contributed by atoms with Gasteiger partial charge in [-0.15, -0.1) is 0 Å². The highest BCUT2D eigenvalue weighted by molar-refractivity contribution is 14.1. The fourth-order valence-electron chi connectivity index (χ4n) is 6.15. The van der Waals surface area contributed by atoms with Crippen LogP contribution in [0.5, 0.6) is 5.88 Å². The van der Waals surface area contributed by atoms with Gasteiger partial charge in [0.2, 0.25) is 5.88 Å². The van der Waals surface area contributed by atoms with Crippen LogP contribution in [0.3, 0.4) is 0 Å². The molecule has 1 aromatic carbocycles. The number of anilines is 2. The number of pyridine rings is 1. The van der Waals surface area contributed by atoms with Crippen molar-refractivity contribution < 1.29 is 4.74 Å². The summed E-state index contributed by atoms with van der Waals surface area (Å²) in [6.45, 7) is 1.93. The summed E-state index contributed by atoms with van der Waals surface area (Å²) in [5.74, 6) is 1.51. The number of aromatic nitrogens is 1. The van der Waals surface area contributed by atoms with Crippen LogP contribution in [0.15, 0.2) is 36.5 Å². The summed E-state index contributed by atoms with van der Waals surface area (Å²) in [5, 5.41) is 3.61. The molecule has 5 rings (SSSR count). The SMILES string of the molecule is CN1CC[C@]23CCCC[C@H]2[C@H]1Cc1ccc(Nc2ccnc(OCCI)c2)cc13. The first-order valence-corrected chi connectivity index (χ1v) is 12.5. The van der Waals surface area contributed by atoms with Gasteiger partial charge in [0.15, 0.2) is 0 Å². The molecule has 1 saturated heterocycles. The quantitative estimate of drug-likeness (QED) is 0.443. The second-order valence-electron chi connectivity index (χ2n) is 8.93. The molecule has 0 amide bonds. The van der Waals surface area contributed by atoms with E-state index in [1.807, 2.05) is 18.3 Å². The first-order chi connectivity index (χ1) is 14.2. The minimum Gasteiger partial charge on any atom is -0.477 e. The number of nitrogens with zero attached hydrogens (tertiary/aromatic N) is 2. The molecule has 2 heterocycles. The number of nitrogens with one attached hydrogen (secondary N) is 1. The van der Waals surface area contributed by atoms with Crippen LogP contribution in [0, 0.1) is 5.92 Å². The summed E-state index contributed by atoms with van der Waals surface area (Å²) in [6, 6.07) is 11.8. The lowest BCUT2D eigenvalue weighted by molar-refractivity contribution is 0.00290. The van der Waals surface area contributed by atoms with Crippen molar-refractivity contribution in [2.24, 2.45) is 5.92 Å². The molecular weight excluding hydrogens is 473 g/mol. The Morgan fingerprint density at radius 1 is 1.21 bits per heavy atom. The molecule has 1 aromatic heterocycles. The number of hydrogen-bond acceptors (Lipinski definition) is 4. The van der Waals surface area contributed by atoms with Crippen LogP contribution < -0.4 is 10.1 Å². The number of piperidine rings is 1. The number of alkyl halides is 1. The summed E-state index contributed by atoms with van der Waals surface area (Å²) < 4.78 is 6.65. The smallest absolute Gasteiger partial charge is 0.215 e. The fourth-order valence-corrected chi connectivity index (χ4v) is 6.37. The lowest BCUT2D eigenvalue weighted by Gasteiger charge is -2.58. The molecule has 2 bridgehead atoms. The predicted octanol–water partition coefficient (Wildman–Crippen LogP) is 5.33. The predicted molar refractivity (Wildman–Crippen MR) is 127 cm³/mol. The van der Waals surface area contributed by atoms with Gasteiger partial charge in [-0.05, 0) is 74.5 Å². The number of ether oxygens (including phenoxy) is 1. The first-order valence-electron chi connectivity index (χ1n) is 11.0. The summed E-state index contributed by atoms with van der Waals surface area (Å²) >= 11 is 2.32. The van der Waals surface area contributed by atoms with Gasteiger partial charge in [0.25, 0.3) is 0 Å². The molecule has 1 N–H and O–H groups in total. The number of rotatable bonds is 5. The van der Waals surface area contributed by atoms with Crippen molar-refractivity contribution in [1.29, 1.82) is 0 Å². The zero-order valence-corrected chi connectivity index (χ0v) is 19.3. The molecule has 0 unspecified atom stereocenters. The normalized spacial score (nSPS) is 28.3. The Bertz CT molecular complexity index is 888. The molecule has 3 aliphatic rings. The maximum absolute atomic E-state index is 5.69. The van der Waals surface area contributed by atoms with Crippen LogP contribution in [0.1, 0.15) is 43.2 Å². The van der Waals surface area contributed by atoms with E-state index in [0.29, 0.717) is 17.9 Å². The van der Waals surface area contributed by atoms with Crippen molar-refractivity contribution >= 4 is 34.0 Å². The molecule has 4 nitrogen and oxygen atoms in total. The van der Waals surface area contributed by atoms with Crippen molar-refractivity contribution in [3.8, 4) is 5.88 Å². The third-order valence-electron chi connectivity index (χ3n) is 7.46. The number of fused-ring (bicyclic) bond motifs is 1. The highest BCUT2D eigenvalue weighted by Gasteiger charge is 2.52. The Morgan fingerprint density at radius 2 is 2.10 bits per heavy atom. The summed E-state index contributed by atoms with van der Waals surface area (Å²) in [4.78, 5) is 6.96. The van der Waals surface area contributed by atoms with Gasteiger partial charge in [0.1, 0.15) is 0 Å². The van der Waals surface area contributed by atoms with Gasteiger partial charge < -0.3 is 15.0 Å². The highest BCUT2D eigenvalue weighted by Crippen LogP contribution is 2.55. The van der Waals surface area contributed by atoms with Crippen molar-refractivity contribution in [1.82, 2.24) is 9.88 Å². The van der Waals surface area contributed by atoms with Gasteiger partial charge in [-0.3, -0.25) is 0 Å². The topological polar surface area (TPSA) is 37.4 Å². The Balaban J connectivity index is 1.46. The van der Waals surface area contributed by atoms with E-state index < -0.39 is 0 Å². The fraction of sp³-hybridized carbons (Fsp3) is 0.542. The number of halogens is 1. The van der Waals surface area contributed by atoms with Crippen LogP contribution in [0.25, 0.3) is 0 Å². The van der Waals surface area contributed by atoms with Gasteiger partial charge in [-0.2, -0.15) is 0 Å². The largest absolute Gasteiger partial charge is 0.477 e. The second-order valence-corrected chi connectivity index (χ2v) is 10.0. The van der Waals surface area contributed by atoms with Gasteiger partial charge in [-0.1, -0.05) is 41.5 Å². The first kappa shape index (κ1) is 19.6. The Labute approximate surface area is 187 Å². The monoisotopic (exact) mass is 503 g/mol. The summed E-state index contributed by atoms with van der Waals surface area (Å²) in [7, 11) is 2.34. The van der Waals surface area contributed by atoms with E-state index in [1.54, 1.807) is 11.1 Å². The minimum absolute atomic E-state index is 0.396. The number of hydrogen-bond donors (Lipinski definition) is 1. The molecule has 3 atom stereocenters. The van der Waals surface area contributed by atoms with Crippen LogP contribution >= 0.6 is 22.6 Å². The molecule has 1 aliphatic heterocycles. The van der Waals surface area contributed by atoms with Crippen LogP contribution in [-0.4, -0.2) is 40.6 Å². The summed E-state index contributed by atoms with van der Waals surface area (Å²) in [5.41, 5.74) is 5.83. The molecule has 1 saturated carbocycles. The molecule has 2 aliphatic carbocycles. The van der Waals surface area contributed by atoms with Crippen LogP contribution in [0.4, 0.5) is 11.4 Å². The Morgan fingerprint density at radius 3 is 3.00 bits per heavy atom. The highest BCUT2D eigenvalue weighted by atomic mass is 127. The van der Waals surface area contributed by atoms with Crippen molar-refractivity contribution in [3.05, 3.63) is 47.7 Å².